The molecule has 0 amide bonds. The highest BCUT2D eigenvalue weighted by molar-refractivity contribution is 4.98. The van der Waals surface area contributed by atoms with Crippen LogP contribution in [0, 0.1) is 17.8 Å². The summed E-state index contributed by atoms with van der Waals surface area (Å²) in [5, 5.41) is 3.88. The van der Waals surface area contributed by atoms with Gasteiger partial charge in [0.25, 0.3) is 0 Å². The van der Waals surface area contributed by atoms with Gasteiger partial charge in [-0.25, -0.2) is 0 Å². The van der Waals surface area contributed by atoms with Crippen molar-refractivity contribution in [2.75, 3.05) is 6.54 Å². The molecule has 1 saturated heterocycles. The zero-order valence-corrected chi connectivity index (χ0v) is 11.8. The minimum Gasteiger partial charge on any atom is -0.330 e. The third-order valence-corrected chi connectivity index (χ3v) is 4.96. The molecule has 1 aliphatic carbocycles. The zero-order chi connectivity index (χ0) is 12.5. The van der Waals surface area contributed by atoms with Gasteiger partial charge in [-0.15, -0.1) is 0 Å². The second kappa shape index (κ2) is 5.27. The summed E-state index contributed by atoms with van der Waals surface area (Å²) >= 11 is 0. The fourth-order valence-electron chi connectivity index (χ4n) is 4.29. The van der Waals surface area contributed by atoms with Gasteiger partial charge in [0, 0.05) is 11.6 Å². The van der Waals surface area contributed by atoms with Gasteiger partial charge in [0.2, 0.25) is 0 Å². The Balaban J connectivity index is 1.92. The fraction of sp³-hybridized carbons (Fsp3) is 1.00. The number of nitrogens with one attached hydrogen (secondary N) is 1. The number of hydrogen-bond donors (Lipinski definition) is 2. The van der Waals surface area contributed by atoms with Gasteiger partial charge in [0.05, 0.1) is 0 Å². The molecule has 2 rings (SSSR count). The maximum absolute atomic E-state index is 5.63. The van der Waals surface area contributed by atoms with Crippen molar-refractivity contribution in [3.8, 4) is 0 Å². The normalized spacial score (nSPS) is 40.9. The van der Waals surface area contributed by atoms with Crippen LogP contribution in [-0.4, -0.2) is 18.1 Å². The molecule has 2 heteroatoms. The van der Waals surface area contributed by atoms with Crippen LogP contribution in [0.2, 0.25) is 0 Å². The molecule has 2 fully saturated rings. The third kappa shape index (κ3) is 3.23. The molecule has 0 radical (unpaired) electrons. The van der Waals surface area contributed by atoms with E-state index < -0.39 is 0 Å². The van der Waals surface area contributed by atoms with Crippen LogP contribution in [0.1, 0.15) is 59.3 Å². The van der Waals surface area contributed by atoms with Crippen LogP contribution >= 0.6 is 0 Å². The van der Waals surface area contributed by atoms with E-state index in [1.165, 1.54) is 38.5 Å². The summed E-state index contributed by atoms with van der Waals surface area (Å²) in [5.74, 6) is 2.75. The summed E-state index contributed by atoms with van der Waals surface area (Å²) in [6.07, 6.45) is 8.14. The first-order chi connectivity index (χ1) is 8.02. The van der Waals surface area contributed by atoms with Gasteiger partial charge in [-0.2, -0.15) is 0 Å². The first-order valence-electron chi connectivity index (χ1n) is 7.49. The fourth-order valence-corrected chi connectivity index (χ4v) is 4.29. The van der Waals surface area contributed by atoms with Crippen LogP contribution in [-0.2, 0) is 0 Å². The highest BCUT2D eigenvalue weighted by Crippen LogP contribution is 2.42. The van der Waals surface area contributed by atoms with E-state index in [0.29, 0.717) is 5.54 Å². The Morgan fingerprint density at radius 3 is 2.76 bits per heavy atom. The monoisotopic (exact) mass is 238 g/mol. The summed E-state index contributed by atoms with van der Waals surface area (Å²) < 4.78 is 0. The molecule has 1 saturated carbocycles. The van der Waals surface area contributed by atoms with E-state index in [0.717, 1.165) is 30.3 Å². The molecule has 1 heterocycles. The SMILES string of the molecule is CC1CC(C)(C)NC2CCC(CCCN)CC12. The highest BCUT2D eigenvalue weighted by atomic mass is 15.0. The molecule has 3 N–H and O–H groups in total. The van der Waals surface area contributed by atoms with Gasteiger partial charge in [-0.3, -0.25) is 0 Å². The molecule has 0 aromatic heterocycles. The number of piperidine rings is 1. The van der Waals surface area contributed by atoms with Crippen LogP contribution in [0.4, 0.5) is 0 Å². The molecule has 2 nitrogen and oxygen atoms in total. The smallest absolute Gasteiger partial charge is 0.0130 e. The van der Waals surface area contributed by atoms with Gasteiger partial charge < -0.3 is 11.1 Å². The van der Waals surface area contributed by atoms with Crippen LogP contribution in [0.3, 0.4) is 0 Å². The average Bonchev–Trinajstić information content (AvgIpc) is 2.25. The topological polar surface area (TPSA) is 38.0 Å². The lowest BCUT2D eigenvalue weighted by atomic mass is 9.65. The summed E-state index contributed by atoms with van der Waals surface area (Å²) in [4.78, 5) is 0. The van der Waals surface area contributed by atoms with Crippen molar-refractivity contribution in [1.29, 1.82) is 0 Å². The zero-order valence-electron chi connectivity index (χ0n) is 11.8. The number of hydrogen-bond acceptors (Lipinski definition) is 2. The molecule has 2 aliphatic rings. The number of fused-ring (bicyclic) bond motifs is 1. The Hall–Kier alpha value is -0.0800. The van der Waals surface area contributed by atoms with Crippen LogP contribution in [0.5, 0.6) is 0 Å². The Morgan fingerprint density at radius 1 is 1.29 bits per heavy atom. The second-order valence-corrected chi connectivity index (χ2v) is 7.09. The minimum absolute atomic E-state index is 0.352. The molecule has 1 aliphatic heterocycles. The molecule has 0 spiro atoms. The summed E-state index contributed by atoms with van der Waals surface area (Å²) in [6, 6.07) is 0.780. The van der Waals surface area contributed by atoms with Crippen molar-refractivity contribution >= 4 is 0 Å². The van der Waals surface area contributed by atoms with Crippen LogP contribution in [0.15, 0.2) is 0 Å². The summed E-state index contributed by atoms with van der Waals surface area (Å²) in [6.45, 7) is 8.05. The van der Waals surface area contributed by atoms with E-state index in [1.807, 2.05) is 0 Å². The van der Waals surface area contributed by atoms with E-state index in [2.05, 4.69) is 26.1 Å². The molecule has 0 bridgehead atoms. The van der Waals surface area contributed by atoms with E-state index in [4.69, 9.17) is 5.73 Å². The molecule has 0 aromatic carbocycles. The molecule has 17 heavy (non-hydrogen) atoms. The molecule has 0 aromatic rings. The van der Waals surface area contributed by atoms with Gasteiger partial charge in [0.15, 0.2) is 0 Å². The van der Waals surface area contributed by atoms with E-state index in [9.17, 15) is 0 Å². The maximum Gasteiger partial charge on any atom is 0.0130 e. The Bertz CT molecular complexity index is 249. The van der Waals surface area contributed by atoms with Crippen LogP contribution in [0.25, 0.3) is 0 Å². The highest BCUT2D eigenvalue weighted by Gasteiger charge is 2.41. The number of rotatable bonds is 3. The Morgan fingerprint density at radius 2 is 2.06 bits per heavy atom. The van der Waals surface area contributed by atoms with Gasteiger partial charge in [-0.1, -0.05) is 6.92 Å². The summed E-state index contributed by atoms with van der Waals surface area (Å²) in [7, 11) is 0. The molecular formula is C15H30N2. The lowest BCUT2D eigenvalue weighted by molar-refractivity contribution is 0.0592. The van der Waals surface area contributed by atoms with Crippen molar-refractivity contribution in [2.24, 2.45) is 23.5 Å². The predicted molar refractivity (Wildman–Crippen MR) is 73.9 cm³/mol. The predicted octanol–water partition coefficient (Wildman–Crippen LogP) is 2.92. The Labute approximate surface area is 107 Å². The lowest BCUT2D eigenvalue weighted by Crippen LogP contribution is -2.58. The van der Waals surface area contributed by atoms with Crippen molar-refractivity contribution in [3.63, 3.8) is 0 Å². The molecule has 4 atom stereocenters. The lowest BCUT2D eigenvalue weighted by Gasteiger charge is -2.50. The van der Waals surface area contributed by atoms with E-state index in [-0.39, 0.29) is 0 Å². The van der Waals surface area contributed by atoms with Gasteiger partial charge in [-0.05, 0) is 76.7 Å². The quantitative estimate of drug-likeness (QED) is 0.793. The summed E-state index contributed by atoms with van der Waals surface area (Å²) in [5.41, 5.74) is 5.98. The van der Waals surface area contributed by atoms with Gasteiger partial charge >= 0.3 is 0 Å². The van der Waals surface area contributed by atoms with E-state index in [1.54, 1.807) is 0 Å². The standard InChI is InChI=1S/C15H30N2/c1-11-10-15(2,3)17-14-7-6-12(5-4-8-16)9-13(11)14/h11-14,17H,4-10,16H2,1-3H3. The largest absolute Gasteiger partial charge is 0.330 e. The van der Waals surface area contributed by atoms with Crippen molar-refractivity contribution in [1.82, 2.24) is 5.32 Å². The van der Waals surface area contributed by atoms with Crippen molar-refractivity contribution in [2.45, 2.75) is 70.9 Å². The minimum atomic E-state index is 0.352. The van der Waals surface area contributed by atoms with E-state index >= 15 is 0 Å². The molecule has 4 unspecified atom stereocenters. The molecule has 100 valence electrons. The first-order valence-corrected chi connectivity index (χ1v) is 7.49. The number of nitrogens with two attached hydrogens (primary N) is 1. The van der Waals surface area contributed by atoms with Crippen LogP contribution < -0.4 is 11.1 Å². The maximum atomic E-state index is 5.63. The first kappa shape index (κ1) is 13.4. The molecular weight excluding hydrogens is 208 g/mol. The second-order valence-electron chi connectivity index (χ2n) is 7.09. The Kier molecular flexibility index (Phi) is 4.14. The van der Waals surface area contributed by atoms with Crippen molar-refractivity contribution in [3.05, 3.63) is 0 Å². The van der Waals surface area contributed by atoms with Gasteiger partial charge in [0.1, 0.15) is 0 Å². The van der Waals surface area contributed by atoms with Crippen molar-refractivity contribution < 1.29 is 0 Å². The average molecular weight is 238 g/mol. The third-order valence-electron chi connectivity index (χ3n) is 4.96.